The summed E-state index contributed by atoms with van der Waals surface area (Å²) in [6.07, 6.45) is 1.23. The van der Waals surface area contributed by atoms with E-state index in [1.165, 1.54) is 4.57 Å². The van der Waals surface area contributed by atoms with Crippen LogP contribution < -0.4 is 5.69 Å². The zero-order valence-electron chi connectivity index (χ0n) is 17.3. The number of aromatic nitrogens is 2. The van der Waals surface area contributed by atoms with Crippen LogP contribution in [0.15, 0.2) is 23.0 Å². The smallest absolute Gasteiger partial charge is 0.410 e. The molecule has 3 rings (SSSR count). The number of amides is 1. The van der Waals surface area contributed by atoms with Gasteiger partial charge in [0, 0.05) is 20.1 Å². The van der Waals surface area contributed by atoms with Crippen molar-refractivity contribution in [3.63, 3.8) is 0 Å². The second-order valence-electron chi connectivity index (χ2n) is 8.11. The molecule has 1 N–H and O–H groups in total. The van der Waals surface area contributed by atoms with Gasteiger partial charge in [-0.15, -0.1) is 4.73 Å². The summed E-state index contributed by atoms with van der Waals surface area (Å²) in [6, 6.07) is 5.21. The molecule has 1 amide bonds. The number of carbonyl (C=O) groups excluding carboxylic acids is 1. The van der Waals surface area contributed by atoms with Crippen LogP contribution in [0.5, 0.6) is 0 Å². The highest BCUT2D eigenvalue weighted by molar-refractivity contribution is 5.82. The van der Waals surface area contributed by atoms with Crippen LogP contribution in [0.3, 0.4) is 0 Å². The monoisotopic (exact) mass is 401 g/mol. The zero-order chi connectivity index (χ0) is 21.2. The molecule has 2 aromatic rings. The Morgan fingerprint density at radius 1 is 1.28 bits per heavy atom. The topological polar surface area (TPSA) is 85.9 Å². The maximum atomic E-state index is 12.1. The highest BCUT2D eigenvalue weighted by Crippen LogP contribution is 2.18. The molecule has 1 aromatic carbocycles. The van der Waals surface area contributed by atoms with Crippen LogP contribution in [-0.4, -0.2) is 56.9 Å². The summed E-state index contributed by atoms with van der Waals surface area (Å²) in [7, 11) is 1.59. The molecule has 0 radical (unpaired) electrons. The van der Waals surface area contributed by atoms with Crippen LogP contribution in [0.25, 0.3) is 11.0 Å². The molecule has 2 heterocycles. The van der Waals surface area contributed by atoms with Crippen LogP contribution in [-0.2, 0) is 16.5 Å². The van der Waals surface area contributed by atoms with Crippen molar-refractivity contribution in [3.05, 3.63) is 34.2 Å². The van der Waals surface area contributed by atoms with Gasteiger partial charge in [-0.3, -0.25) is 4.57 Å². The van der Waals surface area contributed by atoms with Crippen LogP contribution in [0.1, 0.15) is 39.2 Å². The minimum Gasteiger partial charge on any atom is -0.444 e. The van der Waals surface area contributed by atoms with Crippen molar-refractivity contribution < 1.29 is 19.5 Å². The lowest BCUT2D eigenvalue weighted by atomic mass is 10.1. The number of nitrogens with zero attached hydrogens (tertiary/aromatic N) is 3. The molecule has 8 nitrogen and oxygen atoms in total. The van der Waals surface area contributed by atoms with Gasteiger partial charge in [0.15, 0.2) is 0 Å². The lowest BCUT2D eigenvalue weighted by Gasteiger charge is -2.33. The Kier molecular flexibility index (Phi) is 5.89. The summed E-state index contributed by atoms with van der Waals surface area (Å²) in [6.45, 7) is 7.01. The van der Waals surface area contributed by atoms with Crippen molar-refractivity contribution in [2.45, 2.75) is 45.3 Å². The average Bonchev–Trinajstić information content (AvgIpc) is 2.89. The average molecular weight is 401 g/mol. The van der Waals surface area contributed by atoms with Crippen molar-refractivity contribution in [2.24, 2.45) is 7.05 Å². The minimum atomic E-state index is -0.512. The van der Waals surface area contributed by atoms with Gasteiger partial charge in [0.1, 0.15) is 17.7 Å². The van der Waals surface area contributed by atoms with E-state index in [0.717, 1.165) is 12.8 Å². The third-order valence-electron chi connectivity index (χ3n) is 4.75. The van der Waals surface area contributed by atoms with Gasteiger partial charge in [-0.1, -0.05) is 17.9 Å². The van der Waals surface area contributed by atoms with Gasteiger partial charge in [-0.25, -0.2) is 9.59 Å². The van der Waals surface area contributed by atoms with Gasteiger partial charge in [0.2, 0.25) is 0 Å². The van der Waals surface area contributed by atoms with E-state index in [1.54, 1.807) is 30.1 Å². The summed E-state index contributed by atoms with van der Waals surface area (Å²) >= 11 is 0. The maximum Gasteiger partial charge on any atom is 0.410 e. The fourth-order valence-corrected chi connectivity index (χ4v) is 3.32. The van der Waals surface area contributed by atoms with Crippen molar-refractivity contribution in [3.8, 4) is 11.8 Å². The van der Waals surface area contributed by atoms with E-state index in [0.29, 0.717) is 34.4 Å². The number of benzene rings is 1. The number of aryl methyl sites for hydroxylation is 1. The first-order valence-electron chi connectivity index (χ1n) is 9.65. The van der Waals surface area contributed by atoms with Gasteiger partial charge in [0.05, 0.1) is 17.2 Å². The number of hydrogen-bond acceptors (Lipinski definition) is 5. The Labute approximate surface area is 169 Å². The number of likely N-dealkylation sites (tertiary alicyclic amines) is 1. The van der Waals surface area contributed by atoms with E-state index in [4.69, 9.17) is 9.47 Å². The SMILES string of the molecule is Cn1c(=O)n(O)c2cccc(C#CCOC3CCN(C(=O)OC(C)(C)C)CC3)c21. The summed E-state index contributed by atoms with van der Waals surface area (Å²) < 4.78 is 13.2. The number of imidazole rings is 1. The number of para-hydroxylation sites is 1. The molecule has 156 valence electrons. The van der Waals surface area contributed by atoms with Crippen LogP contribution in [0, 0.1) is 11.8 Å². The summed E-state index contributed by atoms with van der Waals surface area (Å²) in [5, 5.41) is 9.84. The first-order chi connectivity index (χ1) is 13.7. The summed E-state index contributed by atoms with van der Waals surface area (Å²) in [5.41, 5.74) is 0.641. The molecule has 0 unspecified atom stereocenters. The normalized spacial score (nSPS) is 15.2. The largest absolute Gasteiger partial charge is 0.444 e. The molecular weight excluding hydrogens is 374 g/mol. The van der Waals surface area contributed by atoms with Gasteiger partial charge in [0.25, 0.3) is 0 Å². The quantitative estimate of drug-likeness (QED) is 0.617. The molecule has 1 saturated heterocycles. The highest BCUT2D eigenvalue weighted by atomic mass is 16.6. The van der Waals surface area contributed by atoms with Crippen LogP contribution in [0.4, 0.5) is 4.79 Å². The third-order valence-corrected chi connectivity index (χ3v) is 4.75. The molecule has 0 spiro atoms. The first kappa shape index (κ1) is 20.8. The lowest BCUT2D eigenvalue weighted by molar-refractivity contribution is -0.00375. The first-order valence-corrected chi connectivity index (χ1v) is 9.65. The maximum absolute atomic E-state index is 12.1. The molecule has 0 bridgehead atoms. The van der Waals surface area contributed by atoms with Crippen molar-refractivity contribution in [1.29, 1.82) is 0 Å². The molecule has 1 aromatic heterocycles. The van der Waals surface area contributed by atoms with Crippen molar-refractivity contribution in [2.75, 3.05) is 19.7 Å². The summed E-state index contributed by atoms with van der Waals surface area (Å²) in [5.74, 6) is 6.00. The Hall–Kier alpha value is -2.92. The number of rotatable bonds is 2. The molecular formula is C21H27N3O5. The molecule has 0 atom stereocenters. The molecule has 1 fully saturated rings. The second-order valence-corrected chi connectivity index (χ2v) is 8.11. The number of fused-ring (bicyclic) bond motifs is 1. The van der Waals surface area contributed by atoms with E-state index in [9.17, 15) is 14.8 Å². The Balaban J connectivity index is 1.55. The number of ether oxygens (including phenoxy) is 2. The lowest BCUT2D eigenvalue weighted by Crippen LogP contribution is -2.43. The molecule has 1 aliphatic rings. The summed E-state index contributed by atoms with van der Waals surface area (Å²) in [4.78, 5) is 25.7. The highest BCUT2D eigenvalue weighted by Gasteiger charge is 2.27. The van der Waals surface area contributed by atoms with E-state index in [-0.39, 0.29) is 18.8 Å². The molecule has 0 saturated carbocycles. The predicted molar refractivity (Wildman–Crippen MR) is 108 cm³/mol. The zero-order valence-corrected chi connectivity index (χ0v) is 17.3. The standard InChI is InChI=1S/C21H27N3O5/c1-21(2,3)29-20(26)23-12-10-16(11-13-23)28-14-6-8-15-7-5-9-17-18(15)22(4)19(25)24(17)27/h5,7,9,16,27H,10-14H2,1-4H3. The fraction of sp³-hybridized carbons (Fsp3) is 0.524. The van der Waals surface area contributed by atoms with Gasteiger partial charge in [-0.2, -0.15) is 0 Å². The molecule has 8 heteroatoms. The van der Waals surface area contributed by atoms with E-state index < -0.39 is 11.3 Å². The van der Waals surface area contributed by atoms with Crippen LogP contribution >= 0.6 is 0 Å². The number of hydrogen-bond donors (Lipinski definition) is 1. The van der Waals surface area contributed by atoms with Crippen molar-refractivity contribution in [1.82, 2.24) is 14.2 Å². The van der Waals surface area contributed by atoms with Crippen molar-refractivity contribution >= 4 is 17.1 Å². The minimum absolute atomic E-state index is 0.0432. The molecule has 29 heavy (non-hydrogen) atoms. The second kappa shape index (κ2) is 8.21. The van der Waals surface area contributed by atoms with Gasteiger partial charge >= 0.3 is 11.8 Å². The van der Waals surface area contributed by atoms with Crippen LogP contribution in [0.2, 0.25) is 0 Å². The number of carbonyl (C=O) groups is 1. The predicted octanol–water partition coefficient (Wildman–Crippen LogP) is 2.34. The van der Waals surface area contributed by atoms with Gasteiger partial charge in [-0.05, 0) is 45.7 Å². The number of piperidine rings is 1. The van der Waals surface area contributed by atoms with E-state index in [2.05, 4.69) is 11.8 Å². The fourth-order valence-electron chi connectivity index (χ4n) is 3.32. The molecule has 1 aliphatic heterocycles. The Bertz CT molecular complexity index is 1010. The Morgan fingerprint density at radius 3 is 2.62 bits per heavy atom. The third kappa shape index (κ3) is 4.74. The van der Waals surface area contributed by atoms with E-state index >= 15 is 0 Å². The van der Waals surface area contributed by atoms with E-state index in [1.807, 2.05) is 20.8 Å². The Morgan fingerprint density at radius 2 is 1.97 bits per heavy atom. The molecule has 0 aliphatic carbocycles. The van der Waals surface area contributed by atoms with Gasteiger partial charge < -0.3 is 19.6 Å².